The Morgan fingerprint density at radius 3 is 2.81 bits per heavy atom. The summed E-state index contributed by atoms with van der Waals surface area (Å²) in [6.07, 6.45) is 12.3. The van der Waals surface area contributed by atoms with E-state index in [1.54, 1.807) is 10.9 Å². The van der Waals surface area contributed by atoms with Crippen molar-refractivity contribution in [2.75, 3.05) is 0 Å². The Bertz CT molecular complexity index is 315. The molecule has 1 saturated carbocycles. The number of aliphatic hydroxyl groups excluding tert-OH is 1. The Morgan fingerprint density at radius 1 is 1.44 bits per heavy atom. The molecule has 0 bridgehead atoms. The van der Waals surface area contributed by atoms with Crippen molar-refractivity contribution in [1.29, 1.82) is 0 Å². The van der Waals surface area contributed by atoms with Gasteiger partial charge in [-0.2, -0.15) is 5.10 Å². The summed E-state index contributed by atoms with van der Waals surface area (Å²) in [5.74, 6) is 0.847. The summed E-state index contributed by atoms with van der Waals surface area (Å²) in [5.41, 5.74) is 0.957. The van der Waals surface area contributed by atoms with Crippen molar-refractivity contribution in [2.24, 2.45) is 13.0 Å². The molecule has 0 aromatic carbocycles. The molecule has 1 heterocycles. The molecule has 1 fully saturated rings. The van der Waals surface area contributed by atoms with Gasteiger partial charge in [-0.3, -0.25) is 4.68 Å². The minimum atomic E-state index is -0.323. The molecule has 0 spiro atoms. The highest BCUT2D eigenvalue weighted by molar-refractivity contribution is 5.07. The number of hydrogen-bond acceptors (Lipinski definition) is 2. The number of nitrogens with zero attached hydrogens (tertiary/aromatic N) is 2. The number of aryl methyl sites for hydroxylation is 1. The molecule has 3 heteroatoms. The molecule has 0 amide bonds. The van der Waals surface area contributed by atoms with Gasteiger partial charge in [0, 0.05) is 18.8 Å². The van der Waals surface area contributed by atoms with E-state index in [2.05, 4.69) is 5.10 Å². The van der Waals surface area contributed by atoms with Crippen LogP contribution in [0.4, 0.5) is 0 Å². The van der Waals surface area contributed by atoms with Crippen LogP contribution in [-0.4, -0.2) is 14.9 Å². The minimum Gasteiger partial charge on any atom is -0.388 e. The number of rotatable bonds is 4. The molecule has 3 nitrogen and oxygen atoms in total. The third kappa shape index (κ3) is 3.08. The quantitative estimate of drug-likeness (QED) is 0.850. The van der Waals surface area contributed by atoms with Crippen molar-refractivity contribution in [1.82, 2.24) is 9.78 Å². The highest BCUT2D eigenvalue weighted by Crippen LogP contribution is 2.30. The van der Waals surface area contributed by atoms with E-state index in [1.807, 2.05) is 13.2 Å². The van der Waals surface area contributed by atoms with Crippen LogP contribution in [0.1, 0.15) is 56.6 Å². The van der Waals surface area contributed by atoms with Crippen molar-refractivity contribution in [2.45, 2.75) is 51.0 Å². The van der Waals surface area contributed by atoms with Crippen molar-refractivity contribution in [3.63, 3.8) is 0 Å². The summed E-state index contributed by atoms with van der Waals surface area (Å²) in [6, 6.07) is 0. The molecule has 16 heavy (non-hydrogen) atoms. The first-order chi connectivity index (χ1) is 7.75. The maximum absolute atomic E-state index is 10.0. The van der Waals surface area contributed by atoms with Crippen LogP contribution >= 0.6 is 0 Å². The third-order valence-electron chi connectivity index (χ3n) is 3.68. The molecule has 2 rings (SSSR count). The molecular formula is C13H22N2O. The molecule has 0 aliphatic heterocycles. The van der Waals surface area contributed by atoms with Crippen LogP contribution in [0.3, 0.4) is 0 Å². The van der Waals surface area contributed by atoms with Gasteiger partial charge in [0.15, 0.2) is 0 Å². The standard InChI is InChI=1S/C13H22N2O/c1-15-10-12(9-14-15)13(16)8-7-11-5-3-2-4-6-11/h9-11,13,16H,2-8H2,1H3. The summed E-state index contributed by atoms with van der Waals surface area (Å²) in [6.45, 7) is 0. The topological polar surface area (TPSA) is 38.0 Å². The van der Waals surface area contributed by atoms with Crippen molar-refractivity contribution < 1.29 is 5.11 Å². The molecule has 1 aliphatic carbocycles. The summed E-state index contributed by atoms with van der Waals surface area (Å²) in [4.78, 5) is 0. The van der Waals surface area contributed by atoms with E-state index < -0.39 is 0 Å². The molecule has 1 aromatic rings. The largest absolute Gasteiger partial charge is 0.388 e. The molecule has 0 radical (unpaired) electrons. The van der Waals surface area contributed by atoms with Crippen LogP contribution in [0, 0.1) is 5.92 Å². The molecule has 90 valence electrons. The van der Waals surface area contributed by atoms with E-state index in [9.17, 15) is 5.11 Å². The van der Waals surface area contributed by atoms with Gasteiger partial charge in [-0.05, 0) is 18.8 Å². The second-order valence-corrected chi connectivity index (χ2v) is 5.04. The van der Waals surface area contributed by atoms with Crippen LogP contribution in [0.5, 0.6) is 0 Å². The fourth-order valence-electron chi connectivity index (χ4n) is 2.65. The number of aromatic nitrogens is 2. The minimum absolute atomic E-state index is 0.323. The Kier molecular flexibility index (Phi) is 3.99. The predicted octanol–water partition coefficient (Wildman–Crippen LogP) is 2.81. The zero-order chi connectivity index (χ0) is 11.4. The second-order valence-electron chi connectivity index (χ2n) is 5.04. The molecular weight excluding hydrogens is 200 g/mol. The maximum atomic E-state index is 10.0. The molecule has 1 aromatic heterocycles. The highest BCUT2D eigenvalue weighted by Gasteiger charge is 2.16. The smallest absolute Gasteiger partial charge is 0.0820 e. The Hall–Kier alpha value is -0.830. The van der Waals surface area contributed by atoms with Gasteiger partial charge in [0.1, 0.15) is 0 Å². The van der Waals surface area contributed by atoms with Crippen LogP contribution in [0.25, 0.3) is 0 Å². The Labute approximate surface area is 97.5 Å². The van der Waals surface area contributed by atoms with Gasteiger partial charge in [0.25, 0.3) is 0 Å². The third-order valence-corrected chi connectivity index (χ3v) is 3.68. The molecule has 1 N–H and O–H groups in total. The molecule has 1 aliphatic rings. The van der Waals surface area contributed by atoms with E-state index in [1.165, 1.54) is 32.1 Å². The Balaban J connectivity index is 1.76. The van der Waals surface area contributed by atoms with E-state index in [0.29, 0.717) is 0 Å². The first-order valence-corrected chi connectivity index (χ1v) is 6.42. The lowest BCUT2D eigenvalue weighted by Crippen LogP contribution is -2.08. The lowest BCUT2D eigenvalue weighted by atomic mass is 9.85. The molecule has 0 saturated heterocycles. The van der Waals surface area contributed by atoms with Crippen LogP contribution < -0.4 is 0 Å². The fraction of sp³-hybridized carbons (Fsp3) is 0.769. The van der Waals surface area contributed by atoms with Crippen molar-refractivity contribution >= 4 is 0 Å². The number of aliphatic hydroxyl groups is 1. The number of hydrogen-bond donors (Lipinski definition) is 1. The van der Waals surface area contributed by atoms with Crippen LogP contribution in [-0.2, 0) is 7.05 Å². The highest BCUT2D eigenvalue weighted by atomic mass is 16.3. The molecule has 1 atom stereocenters. The van der Waals surface area contributed by atoms with Crippen LogP contribution in [0.2, 0.25) is 0 Å². The van der Waals surface area contributed by atoms with Gasteiger partial charge in [0.05, 0.1) is 12.3 Å². The first-order valence-electron chi connectivity index (χ1n) is 6.42. The van der Waals surface area contributed by atoms with Gasteiger partial charge in [0.2, 0.25) is 0 Å². The normalized spacial score (nSPS) is 19.9. The second kappa shape index (κ2) is 5.48. The van der Waals surface area contributed by atoms with E-state index >= 15 is 0 Å². The SMILES string of the molecule is Cn1cc(C(O)CCC2CCCCC2)cn1. The summed E-state index contributed by atoms with van der Waals surface area (Å²) < 4.78 is 1.75. The fourth-order valence-corrected chi connectivity index (χ4v) is 2.65. The average molecular weight is 222 g/mol. The zero-order valence-electron chi connectivity index (χ0n) is 10.1. The maximum Gasteiger partial charge on any atom is 0.0820 e. The van der Waals surface area contributed by atoms with Gasteiger partial charge in [-0.15, -0.1) is 0 Å². The summed E-state index contributed by atoms with van der Waals surface area (Å²) >= 11 is 0. The van der Waals surface area contributed by atoms with Crippen LogP contribution in [0.15, 0.2) is 12.4 Å². The van der Waals surface area contributed by atoms with E-state index in [-0.39, 0.29) is 6.10 Å². The van der Waals surface area contributed by atoms with Gasteiger partial charge in [-0.1, -0.05) is 32.1 Å². The zero-order valence-corrected chi connectivity index (χ0v) is 10.1. The van der Waals surface area contributed by atoms with Crippen molar-refractivity contribution in [3.05, 3.63) is 18.0 Å². The lowest BCUT2D eigenvalue weighted by Gasteiger charge is -2.22. The first kappa shape index (κ1) is 11.6. The van der Waals surface area contributed by atoms with Gasteiger partial charge < -0.3 is 5.11 Å². The monoisotopic (exact) mass is 222 g/mol. The van der Waals surface area contributed by atoms with Crippen molar-refractivity contribution in [3.8, 4) is 0 Å². The molecule has 1 unspecified atom stereocenters. The predicted molar refractivity (Wildman–Crippen MR) is 64.0 cm³/mol. The van der Waals surface area contributed by atoms with E-state index in [0.717, 1.165) is 24.3 Å². The Morgan fingerprint density at radius 2 is 2.19 bits per heavy atom. The average Bonchev–Trinajstić information content (AvgIpc) is 2.74. The van der Waals surface area contributed by atoms with Gasteiger partial charge in [-0.25, -0.2) is 0 Å². The summed E-state index contributed by atoms with van der Waals surface area (Å²) in [5, 5.41) is 14.1. The summed E-state index contributed by atoms with van der Waals surface area (Å²) in [7, 11) is 1.89. The lowest BCUT2D eigenvalue weighted by molar-refractivity contribution is 0.151. The van der Waals surface area contributed by atoms with Gasteiger partial charge >= 0.3 is 0 Å². The van der Waals surface area contributed by atoms with E-state index in [4.69, 9.17) is 0 Å².